The molecule has 10 amide bonds. The number of sulfone groups is 1. The van der Waals surface area contributed by atoms with E-state index in [2.05, 4.69) is 115 Å². The number of carboxylic acids is 3. The summed E-state index contributed by atoms with van der Waals surface area (Å²) in [5, 5.41) is 62.7. The molecule has 692 valence electrons. The molecule has 0 spiro atoms. The second-order valence-corrected chi connectivity index (χ2v) is 44.9. The SMILES string of the molecule is CC.CC(C)(C)CC(=O)NCCc1nc(CCC(=O)N[C@@H](SC(C)(C)C)C(=O)O)no1.CC(C)(C)CSCCC(=O)N[C@H](CNC(=O)CNC(C)(C)C)C(=O)O.CC(C)(C)CSC[C@H](NC(=O)CCC(=O)O)C(=O)NCCS(=O)(=O)CCNC(=O)CC(C)(C)C.CCC(=O)NC(CSCC(C)(C)C)C(=O)NCCNCCNC(=O)CC(C)(C)C. The van der Waals surface area contributed by atoms with Crippen LogP contribution in [0.3, 0.4) is 0 Å². The van der Waals surface area contributed by atoms with Crippen molar-refractivity contribution in [3.05, 3.63) is 11.7 Å². The average Bonchev–Trinajstić information content (AvgIpc) is 1.78. The Labute approximate surface area is 728 Å². The van der Waals surface area contributed by atoms with Crippen LogP contribution in [0, 0.1) is 32.5 Å². The maximum Gasteiger partial charge on any atom is 0.336 e. The van der Waals surface area contributed by atoms with E-state index < -0.39 is 69.0 Å². The molecular weight excluding hydrogens is 1630 g/mol. The molecule has 1 aromatic heterocycles. The summed E-state index contributed by atoms with van der Waals surface area (Å²) in [6.07, 6.45) is 1.92. The zero-order valence-corrected chi connectivity index (χ0v) is 80.8. The number of amides is 10. The fraction of sp³-hybridized carbons (Fsp3) is 0.815. The first-order chi connectivity index (χ1) is 54.3. The highest BCUT2D eigenvalue weighted by Gasteiger charge is 2.30. The molecule has 0 aliphatic rings. The Bertz CT molecular complexity index is 3330. The van der Waals surface area contributed by atoms with Gasteiger partial charge in [-0.25, -0.2) is 18.0 Å². The molecule has 0 saturated carbocycles. The van der Waals surface area contributed by atoms with E-state index in [4.69, 9.17) is 9.63 Å². The smallest absolute Gasteiger partial charge is 0.336 e. The zero-order valence-electron chi connectivity index (χ0n) is 76.7. The number of thioether (sulfide) groups is 4. The summed E-state index contributed by atoms with van der Waals surface area (Å²) in [6.45, 7) is 56.4. The van der Waals surface area contributed by atoms with E-state index in [9.17, 15) is 81.0 Å². The molecule has 0 aromatic carbocycles. The van der Waals surface area contributed by atoms with E-state index in [0.29, 0.717) is 81.6 Å². The van der Waals surface area contributed by atoms with Gasteiger partial charge in [0.15, 0.2) is 21.0 Å². The first kappa shape index (κ1) is 119. The van der Waals surface area contributed by atoms with Gasteiger partial charge >= 0.3 is 17.9 Å². The lowest BCUT2D eigenvalue weighted by Gasteiger charge is -2.23. The van der Waals surface area contributed by atoms with Crippen LogP contribution in [-0.4, -0.2) is 250 Å². The average molecular weight is 1790 g/mol. The van der Waals surface area contributed by atoms with Crippen molar-refractivity contribution in [2.75, 3.05) is 105 Å². The minimum Gasteiger partial charge on any atom is -0.481 e. The number of aryl methyl sites for hydroxylation is 1. The number of aromatic nitrogens is 2. The molecule has 1 aromatic rings. The van der Waals surface area contributed by atoms with Crippen molar-refractivity contribution in [1.29, 1.82) is 0 Å². The number of carbonyl (C=O) groups excluding carboxylic acids is 10. The van der Waals surface area contributed by atoms with Crippen LogP contribution in [0.1, 0.15) is 250 Å². The molecular formula is C81H154N14O19S5. The van der Waals surface area contributed by atoms with Gasteiger partial charge in [-0.1, -0.05) is 171 Å². The van der Waals surface area contributed by atoms with Gasteiger partial charge in [0.05, 0.1) is 24.5 Å². The number of carboxylic acid groups (broad SMARTS) is 3. The quantitative estimate of drug-likeness (QED) is 0.0221. The summed E-state index contributed by atoms with van der Waals surface area (Å²) >= 11 is 5.97. The minimum atomic E-state index is -3.51. The molecule has 0 saturated heterocycles. The fourth-order valence-corrected chi connectivity index (χ4v) is 14.4. The van der Waals surface area contributed by atoms with Crippen molar-refractivity contribution in [3.63, 3.8) is 0 Å². The van der Waals surface area contributed by atoms with Crippen LogP contribution in [0.15, 0.2) is 4.52 Å². The van der Waals surface area contributed by atoms with Crippen LogP contribution in [0.4, 0.5) is 0 Å². The third-order valence-electron chi connectivity index (χ3n) is 14.2. The maximum atomic E-state index is 12.6. The Kier molecular flexibility index (Phi) is 60.0. The summed E-state index contributed by atoms with van der Waals surface area (Å²) in [5.41, 5.74) is -0.122. The Balaban J connectivity index is -0.000000739. The van der Waals surface area contributed by atoms with Crippen LogP contribution < -0.4 is 63.8 Å². The van der Waals surface area contributed by atoms with Crippen LogP contribution in [-0.2, 0) is 85.0 Å². The fourth-order valence-electron chi connectivity index (χ4n) is 8.84. The van der Waals surface area contributed by atoms with Crippen molar-refractivity contribution in [3.8, 4) is 0 Å². The van der Waals surface area contributed by atoms with Crippen molar-refractivity contribution in [2.24, 2.45) is 32.5 Å². The molecule has 1 unspecified atom stereocenters. The van der Waals surface area contributed by atoms with Gasteiger partial charge in [0.1, 0.15) is 18.1 Å². The molecule has 0 aliphatic heterocycles. The van der Waals surface area contributed by atoms with Gasteiger partial charge in [0, 0.05) is 138 Å². The topological polar surface area (TPSA) is 500 Å². The van der Waals surface area contributed by atoms with Crippen LogP contribution in [0.5, 0.6) is 0 Å². The molecule has 1 rings (SSSR count). The summed E-state index contributed by atoms with van der Waals surface area (Å²) in [4.78, 5) is 157. The number of rotatable bonds is 48. The Morgan fingerprint density at radius 2 is 0.840 bits per heavy atom. The number of hydrogen-bond donors (Lipinski definition) is 15. The van der Waals surface area contributed by atoms with Crippen LogP contribution in [0.25, 0.3) is 0 Å². The molecule has 38 heteroatoms. The third-order valence-corrected chi connectivity index (χ3v) is 22.0. The van der Waals surface area contributed by atoms with Gasteiger partial charge < -0.3 is 83.6 Å². The molecule has 1 heterocycles. The van der Waals surface area contributed by atoms with Gasteiger partial charge in [0.25, 0.3) is 0 Å². The molecule has 0 fully saturated rings. The Hall–Kier alpha value is -6.48. The lowest BCUT2D eigenvalue weighted by molar-refractivity contribution is -0.142. The van der Waals surface area contributed by atoms with E-state index in [1.165, 1.54) is 11.8 Å². The maximum absolute atomic E-state index is 12.6. The minimum absolute atomic E-state index is 0.00308. The number of aliphatic carboxylic acids is 3. The van der Waals surface area contributed by atoms with E-state index in [0.717, 1.165) is 29.0 Å². The monoisotopic (exact) mass is 1790 g/mol. The number of nitrogens with one attached hydrogen (secondary N) is 12. The summed E-state index contributed by atoms with van der Waals surface area (Å²) in [5.74, 6) is -1.71. The van der Waals surface area contributed by atoms with E-state index in [1.54, 1.807) is 30.4 Å². The van der Waals surface area contributed by atoms with Crippen molar-refractivity contribution >= 4 is 134 Å². The second-order valence-electron chi connectivity index (χ2n) is 37.5. The summed E-state index contributed by atoms with van der Waals surface area (Å²) in [7, 11) is -3.51. The number of carbonyl (C=O) groups is 13. The highest BCUT2D eigenvalue weighted by atomic mass is 32.2. The van der Waals surface area contributed by atoms with Gasteiger partial charge in [-0.15, -0.1) is 11.8 Å². The highest BCUT2D eigenvalue weighted by Crippen LogP contribution is 2.28. The standard InChI is InChI=1S/C22H41N3O7S2.C21H42N4O3S.C19H32N4O5S.C17H33N3O4S.C2H6/c1-21(2,3)13-18(27)23-9-11-34(31,32)12-10-24-20(30)16(14-33-15-22(4,5)6)25-17(26)7-8-19(28)29;1-8-17(26)25-16(14-29-15-21(5,6)7)19(28)24-12-10-22-9-11-23-18(27)13-20(2,3)4;1-18(2,3)11-14(25)20-10-9-15-21-12(23-28-15)7-8-13(24)22-16(17(26)27)29-19(4,5)6;1-16(2,3)11-25-8-7-13(21)20-12(15(23)24)9-18-14(22)10-19-17(4,5)6;1-2/h16H,7-15H2,1-6H3,(H,23,27)(H,24,30)(H,25,26)(H,28,29);16,22H,8-15H2,1-7H3,(H,23,27)(H,24,28)(H,25,26);16H,7-11H2,1-6H3,(H,20,25)(H,22,24)(H,26,27);12,19H,7-11H2,1-6H3,(H,18,22)(H,20,21)(H,23,24);1-2H3/t16-;;16-;12-;/m0.01./s1. The first-order valence-corrected chi connectivity index (χ1v) is 46.8. The van der Waals surface area contributed by atoms with Gasteiger partial charge in [-0.2, -0.15) is 40.3 Å². The van der Waals surface area contributed by atoms with Gasteiger partial charge in [0.2, 0.25) is 65.0 Å². The molecule has 119 heavy (non-hydrogen) atoms. The van der Waals surface area contributed by atoms with Gasteiger partial charge in [-0.05, 0) is 70.5 Å². The summed E-state index contributed by atoms with van der Waals surface area (Å²) < 4.78 is 29.3. The van der Waals surface area contributed by atoms with E-state index in [1.807, 2.05) is 138 Å². The molecule has 0 bridgehead atoms. The first-order valence-electron chi connectivity index (χ1n) is 40.6. The molecule has 33 nitrogen and oxygen atoms in total. The van der Waals surface area contributed by atoms with E-state index >= 15 is 0 Å². The normalized spacial score (nSPS) is 12.9. The van der Waals surface area contributed by atoms with Crippen LogP contribution in [0.2, 0.25) is 0 Å². The molecule has 0 aliphatic carbocycles. The van der Waals surface area contributed by atoms with Crippen molar-refractivity contribution in [1.82, 2.24) is 73.9 Å². The zero-order chi connectivity index (χ0) is 93.0. The van der Waals surface area contributed by atoms with Crippen LogP contribution >= 0.6 is 47.0 Å². The highest BCUT2D eigenvalue weighted by molar-refractivity contribution is 8.01. The number of hydrogen-bond acceptors (Lipinski definition) is 24. The third kappa shape index (κ3) is 79.7. The predicted octanol–water partition coefficient (Wildman–Crippen LogP) is 7.53. The molecule has 4 atom stereocenters. The summed E-state index contributed by atoms with van der Waals surface area (Å²) in [6, 6.07) is -2.56. The van der Waals surface area contributed by atoms with E-state index in [-0.39, 0.29) is 166 Å². The van der Waals surface area contributed by atoms with Gasteiger partial charge in [-0.3, -0.25) is 52.7 Å². The molecule has 15 N–H and O–H groups in total. The largest absolute Gasteiger partial charge is 0.481 e. The molecule has 0 radical (unpaired) electrons. The Morgan fingerprint density at radius 1 is 0.429 bits per heavy atom. The lowest BCUT2D eigenvalue weighted by Crippen LogP contribution is -2.50. The van der Waals surface area contributed by atoms with Crippen molar-refractivity contribution < 1.29 is 90.6 Å². The predicted molar refractivity (Wildman–Crippen MR) is 480 cm³/mol. The van der Waals surface area contributed by atoms with Crippen molar-refractivity contribution in [2.45, 2.75) is 285 Å². The number of nitrogens with zero attached hydrogens (tertiary/aromatic N) is 2. The Morgan fingerprint density at radius 3 is 1.27 bits per heavy atom. The lowest BCUT2D eigenvalue weighted by atomic mass is 9.92. The second kappa shape index (κ2) is 60.1.